The molecule has 1 aromatic carbocycles. The van der Waals surface area contributed by atoms with Crippen molar-refractivity contribution in [2.75, 3.05) is 5.33 Å². The third-order valence-corrected chi connectivity index (χ3v) is 4.72. The number of ether oxygens (including phenoxy) is 1. The van der Waals surface area contributed by atoms with Crippen LogP contribution in [0.3, 0.4) is 0 Å². The van der Waals surface area contributed by atoms with Crippen LogP contribution in [0.2, 0.25) is 0 Å². The third kappa shape index (κ3) is 4.57. The second kappa shape index (κ2) is 6.36. The van der Waals surface area contributed by atoms with E-state index in [1.54, 1.807) is 0 Å². The van der Waals surface area contributed by atoms with E-state index in [-0.39, 0.29) is 11.4 Å². The second-order valence-corrected chi connectivity index (χ2v) is 6.77. The Hall–Kier alpha value is -0.410. The van der Waals surface area contributed by atoms with Crippen LogP contribution in [-0.2, 0) is 11.2 Å². The van der Waals surface area contributed by atoms with E-state index in [1.807, 2.05) is 12.1 Å². The summed E-state index contributed by atoms with van der Waals surface area (Å²) in [6.07, 6.45) is 4.72. The van der Waals surface area contributed by atoms with Gasteiger partial charge < -0.3 is 4.74 Å². The molecule has 1 aromatic rings. The summed E-state index contributed by atoms with van der Waals surface area (Å²) in [4.78, 5) is 0. The van der Waals surface area contributed by atoms with Gasteiger partial charge >= 0.3 is 0 Å². The van der Waals surface area contributed by atoms with Gasteiger partial charge in [-0.3, -0.25) is 0 Å². The Labute approximate surface area is 123 Å². The average Bonchev–Trinajstić information content (AvgIpc) is 2.70. The number of benzene rings is 1. The van der Waals surface area contributed by atoms with Gasteiger partial charge in [0.1, 0.15) is 5.82 Å². The Morgan fingerprint density at radius 2 is 2.05 bits per heavy atom. The zero-order valence-electron chi connectivity index (χ0n) is 11.7. The van der Waals surface area contributed by atoms with Gasteiger partial charge in [0.2, 0.25) is 0 Å². The second-order valence-electron chi connectivity index (χ2n) is 6.12. The van der Waals surface area contributed by atoms with Gasteiger partial charge in [-0.2, -0.15) is 0 Å². The van der Waals surface area contributed by atoms with Crippen LogP contribution >= 0.6 is 15.9 Å². The highest BCUT2D eigenvalue weighted by atomic mass is 79.9. The lowest BCUT2D eigenvalue weighted by molar-refractivity contribution is -0.0233. The molecule has 1 aliphatic rings. The minimum Gasteiger partial charge on any atom is -0.372 e. The molecule has 19 heavy (non-hydrogen) atoms. The number of halogens is 2. The molecule has 1 fully saturated rings. The van der Waals surface area contributed by atoms with E-state index in [0.29, 0.717) is 12.0 Å². The van der Waals surface area contributed by atoms with E-state index in [9.17, 15) is 4.39 Å². The Kier molecular flexibility index (Phi) is 5.02. The Bertz CT molecular complexity index is 402. The predicted octanol–water partition coefficient (Wildman–Crippen LogP) is 4.73. The average molecular weight is 329 g/mol. The van der Waals surface area contributed by atoms with E-state index in [2.05, 4.69) is 29.8 Å². The summed E-state index contributed by atoms with van der Waals surface area (Å²) >= 11 is 3.59. The molecule has 0 radical (unpaired) electrons. The molecular weight excluding hydrogens is 307 g/mol. The molecule has 0 N–H and O–H groups in total. The molecule has 0 bridgehead atoms. The number of hydrogen-bond donors (Lipinski definition) is 0. The van der Waals surface area contributed by atoms with E-state index >= 15 is 0 Å². The fourth-order valence-electron chi connectivity index (χ4n) is 2.77. The third-order valence-electron chi connectivity index (χ3n) is 3.81. The van der Waals surface area contributed by atoms with E-state index in [4.69, 9.17) is 4.74 Å². The van der Waals surface area contributed by atoms with Crippen LogP contribution < -0.4 is 0 Å². The maximum Gasteiger partial charge on any atom is 0.123 e. The van der Waals surface area contributed by atoms with Gasteiger partial charge in [-0.1, -0.05) is 28.1 Å². The predicted molar refractivity (Wildman–Crippen MR) is 80.2 cm³/mol. The normalized spacial score (nSPS) is 23.5. The fraction of sp³-hybridized carbons (Fsp3) is 0.625. The van der Waals surface area contributed by atoms with Crippen molar-refractivity contribution in [2.45, 2.75) is 51.2 Å². The van der Waals surface area contributed by atoms with Crippen molar-refractivity contribution in [3.63, 3.8) is 0 Å². The fourth-order valence-corrected chi connectivity index (χ4v) is 3.26. The first-order chi connectivity index (χ1) is 8.98. The topological polar surface area (TPSA) is 9.23 Å². The van der Waals surface area contributed by atoms with Crippen LogP contribution in [0.4, 0.5) is 4.39 Å². The molecule has 0 spiro atoms. The first-order valence-electron chi connectivity index (χ1n) is 6.97. The molecule has 1 heterocycles. The van der Waals surface area contributed by atoms with Gasteiger partial charge in [-0.05, 0) is 63.1 Å². The van der Waals surface area contributed by atoms with Crippen molar-refractivity contribution in [2.24, 2.45) is 5.92 Å². The lowest BCUT2D eigenvalue weighted by atomic mass is 9.94. The van der Waals surface area contributed by atoms with Gasteiger partial charge in [-0.15, -0.1) is 0 Å². The number of hydrogen-bond acceptors (Lipinski definition) is 1. The largest absolute Gasteiger partial charge is 0.372 e. The van der Waals surface area contributed by atoms with Crippen LogP contribution in [-0.4, -0.2) is 17.0 Å². The van der Waals surface area contributed by atoms with Gasteiger partial charge in [0, 0.05) is 5.33 Å². The summed E-state index contributed by atoms with van der Waals surface area (Å²) in [7, 11) is 0. The first-order valence-corrected chi connectivity index (χ1v) is 8.09. The zero-order valence-corrected chi connectivity index (χ0v) is 13.2. The molecule has 1 saturated heterocycles. The summed E-state index contributed by atoms with van der Waals surface area (Å²) in [5, 5.41) is 0.963. The molecule has 1 nitrogen and oxygen atoms in total. The van der Waals surface area contributed by atoms with E-state index < -0.39 is 0 Å². The SMILES string of the molecule is CC1(C)CCC(CC(CBr)Cc2ccc(F)cc2)O1. The Balaban J connectivity index is 1.88. The first kappa shape index (κ1) is 15.0. The van der Waals surface area contributed by atoms with Crippen LogP contribution in [0, 0.1) is 11.7 Å². The zero-order chi connectivity index (χ0) is 13.9. The summed E-state index contributed by atoms with van der Waals surface area (Å²) in [5.74, 6) is 0.379. The van der Waals surface area contributed by atoms with Crippen LogP contribution in [0.15, 0.2) is 24.3 Å². The molecule has 2 atom stereocenters. The highest BCUT2D eigenvalue weighted by Gasteiger charge is 2.32. The van der Waals surface area contributed by atoms with Crippen molar-refractivity contribution in [1.29, 1.82) is 0 Å². The van der Waals surface area contributed by atoms with Crippen molar-refractivity contribution < 1.29 is 9.13 Å². The molecule has 2 rings (SSSR count). The lowest BCUT2D eigenvalue weighted by Crippen LogP contribution is -2.22. The molecule has 1 aliphatic heterocycles. The minimum atomic E-state index is -0.167. The maximum atomic E-state index is 12.9. The van der Waals surface area contributed by atoms with Crippen molar-refractivity contribution in [3.8, 4) is 0 Å². The monoisotopic (exact) mass is 328 g/mol. The molecule has 2 unspecified atom stereocenters. The summed E-state index contributed by atoms with van der Waals surface area (Å²) in [6.45, 7) is 4.33. The standard InChI is InChI=1S/C16H22BrFO/c1-16(2)8-7-15(19-16)10-13(11-17)9-12-3-5-14(18)6-4-12/h3-6,13,15H,7-11H2,1-2H3. The minimum absolute atomic E-state index is 0.0391. The number of rotatable bonds is 5. The lowest BCUT2D eigenvalue weighted by Gasteiger charge is -2.22. The smallest absolute Gasteiger partial charge is 0.123 e. The quantitative estimate of drug-likeness (QED) is 0.710. The van der Waals surface area contributed by atoms with Gasteiger partial charge in [-0.25, -0.2) is 4.39 Å². The Morgan fingerprint density at radius 3 is 2.58 bits per heavy atom. The summed E-state index contributed by atoms with van der Waals surface area (Å²) in [5.41, 5.74) is 1.24. The van der Waals surface area contributed by atoms with Gasteiger partial charge in [0.05, 0.1) is 11.7 Å². The van der Waals surface area contributed by atoms with Gasteiger partial charge in [0.15, 0.2) is 0 Å². The molecular formula is C16H22BrFO. The molecule has 0 saturated carbocycles. The van der Waals surface area contributed by atoms with Crippen LogP contribution in [0.25, 0.3) is 0 Å². The van der Waals surface area contributed by atoms with Crippen LogP contribution in [0.5, 0.6) is 0 Å². The molecule has 0 aliphatic carbocycles. The Morgan fingerprint density at radius 1 is 1.37 bits per heavy atom. The highest BCUT2D eigenvalue weighted by Crippen LogP contribution is 2.33. The van der Waals surface area contributed by atoms with Crippen LogP contribution in [0.1, 0.15) is 38.7 Å². The van der Waals surface area contributed by atoms with Crippen molar-refractivity contribution in [1.82, 2.24) is 0 Å². The molecule has 106 valence electrons. The summed E-state index contributed by atoms with van der Waals surface area (Å²) in [6, 6.07) is 6.83. The summed E-state index contributed by atoms with van der Waals surface area (Å²) < 4.78 is 18.9. The van der Waals surface area contributed by atoms with Crippen molar-refractivity contribution in [3.05, 3.63) is 35.6 Å². The van der Waals surface area contributed by atoms with Gasteiger partial charge in [0.25, 0.3) is 0 Å². The molecule has 3 heteroatoms. The van der Waals surface area contributed by atoms with E-state index in [1.165, 1.54) is 17.7 Å². The maximum absolute atomic E-state index is 12.9. The molecule has 0 amide bonds. The number of alkyl halides is 1. The van der Waals surface area contributed by atoms with E-state index in [0.717, 1.165) is 31.0 Å². The van der Waals surface area contributed by atoms with Crippen molar-refractivity contribution >= 4 is 15.9 Å². The molecule has 0 aromatic heterocycles. The highest BCUT2D eigenvalue weighted by molar-refractivity contribution is 9.09.